The Morgan fingerprint density at radius 2 is 1.86 bits per heavy atom. The number of benzene rings is 2. The van der Waals surface area contributed by atoms with Crippen molar-refractivity contribution in [2.24, 2.45) is 17.6 Å². The number of amides is 1. The summed E-state index contributed by atoms with van der Waals surface area (Å²) in [5.74, 6) is -0.326. The van der Waals surface area contributed by atoms with Crippen LogP contribution >= 0.6 is 11.6 Å². The number of hydrogen-bond acceptors (Lipinski definition) is 5. The predicted molar refractivity (Wildman–Crippen MR) is 143 cm³/mol. The zero-order chi connectivity index (χ0) is 25.7. The third-order valence-corrected chi connectivity index (χ3v) is 8.38. The standard InChI is InChI=1S/C29H39ClN2O4/c1-36-16-7-6-14-29(35,24-12-4-2-10-22(24)23-11-3-5-13-25(23)30)21-9-8-15-32(19-21)28(34)20-17-26(31)27(33)18-20/h2-5,10-13,20-21,26-27,33,35H,6-9,14-19,31H2,1H3. The van der Waals surface area contributed by atoms with E-state index in [0.29, 0.717) is 44.0 Å². The number of methoxy groups -OCH3 is 1. The number of hydrogen-bond donors (Lipinski definition) is 3. The number of rotatable bonds is 9. The molecule has 5 unspecified atom stereocenters. The molecular weight excluding hydrogens is 476 g/mol. The summed E-state index contributed by atoms with van der Waals surface area (Å²) in [6, 6.07) is 15.3. The normalized spacial score (nSPS) is 26.1. The van der Waals surface area contributed by atoms with Gasteiger partial charge >= 0.3 is 0 Å². The Kier molecular flexibility index (Phi) is 9.07. The molecule has 2 aromatic rings. The Balaban J connectivity index is 1.65. The van der Waals surface area contributed by atoms with E-state index in [1.165, 1.54) is 0 Å². The zero-order valence-corrected chi connectivity index (χ0v) is 21.9. The number of halogens is 1. The minimum absolute atomic E-state index is 0.0489. The Morgan fingerprint density at radius 1 is 1.14 bits per heavy atom. The van der Waals surface area contributed by atoms with Crippen molar-refractivity contribution in [1.29, 1.82) is 0 Å². The highest BCUT2D eigenvalue weighted by molar-refractivity contribution is 6.33. The number of aliphatic hydroxyl groups is 2. The van der Waals surface area contributed by atoms with E-state index in [2.05, 4.69) is 0 Å². The van der Waals surface area contributed by atoms with E-state index in [1.54, 1.807) is 7.11 Å². The van der Waals surface area contributed by atoms with Crippen LogP contribution in [0.3, 0.4) is 0 Å². The first-order chi connectivity index (χ1) is 17.3. The zero-order valence-electron chi connectivity index (χ0n) is 21.1. The molecule has 5 atom stereocenters. The minimum Gasteiger partial charge on any atom is -0.391 e. The number of nitrogens with zero attached hydrogens (tertiary/aromatic N) is 1. The predicted octanol–water partition coefficient (Wildman–Crippen LogP) is 4.35. The number of nitrogens with two attached hydrogens (primary N) is 1. The fraction of sp³-hybridized carbons (Fsp3) is 0.552. The molecule has 196 valence electrons. The largest absolute Gasteiger partial charge is 0.391 e. The van der Waals surface area contributed by atoms with Crippen LogP contribution in [-0.2, 0) is 15.1 Å². The van der Waals surface area contributed by atoms with Crippen LogP contribution in [0, 0.1) is 11.8 Å². The van der Waals surface area contributed by atoms with Crippen molar-refractivity contribution in [2.45, 2.75) is 62.7 Å². The summed E-state index contributed by atoms with van der Waals surface area (Å²) in [6.45, 7) is 1.79. The van der Waals surface area contributed by atoms with E-state index in [-0.39, 0.29) is 23.8 Å². The molecule has 7 heteroatoms. The van der Waals surface area contributed by atoms with E-state index in [0.717, 1.165) is 42.4 Å². The molecule has 0 aromatic heterocycles. The second-order valence-corrected chi connectivity index (χ2v) is 10.8. The van der Waals surface area contributed by atoms with E-state index in [4.69, 9.17) is 22.1 Å². The van der Waals surface area contributed by atoms with E-state index < -0.39 is 11.7 Å². The summed E-state index contributed by atoms with van der Waals surface area (Å²) in [5, 5.41) is 23.2. The minimum atomic E-state index is -1.13. The lowest BCUT2D eigenvalue weighted by atomic mass is 9.72. The molecule has 2 fully saturated rings. The Hall–Kier alpha value is -1.96. The highest BCUT2D eigenvalue weighted by Gasteiger charge is 2.44. The van der Waals surface area contributed by atoms with Gasteiger partial charge in [-0.1, -0.05) is 54.1 Å². The lowest BCUT2D eigenvalue weighted by Crippen LogP contribution is -2.49. The molecule has 4 N–H and O–H groups in total. The topological polar surface area (TPSA) is 96.0 Å². The molecule has 1 aliphatic carbocycles. The van der Waals surface area contributed by atoms with Crippen LogP contribution in [0.2, 0.25) is 5.02 Å². The number of carbonyl (C=O) groups is 1. The maximum Gasteiger partial charge on any atom is 0.225 e. The highest BCUT2D eigenvalue weighted by atomic mass is 35.5. The molecule has 1 saturated heterocycles. The van der Waals surface area contributed by atoms with Crippen molar-refractivity contribution in [2.75, 3.05) is 26.8 Å². The molecule has 2 aliphatic rings. The summed E-state index contributed by atoms with van der Waals surface area (Å²) < 4.78 is 5.26. The third-order valence-electron chi connectivity index (χ3n) is 8.05. The summed E-state index contributed by atoms with van der Waals surface area (Å²) >= 11 is 6.59. The van der Waals surface area contributed by atoms with Crippen LogP contribution in [0.1, 0.15) is 50.5 Å². The lowest BCUT2D eigenvalue weighted by Gasteiger charge is -2.44. The van der Waals surface area contributed by atoms with Gasteiger partial charge in [-0.15, -0.1) is 0 Å². The second-order valence-electron chi connectivity index (χ2n) is 10.4. The van der Waals surface area contributed by atoms with Crippen LogP contribution in [0.4, 0.5) is 0 Å². The van der Waals surface area contributed by atoms with E-state index in [9.17, 15) is 15.0 Å². The fourth-order valence-corrected chi connectivity index (χ4v) is 6.29. The molecular formula is C29H39ClN2O4. The number of aliphatic hydroxyl groups excluding tert-OH is 1. The maximum absolute atomic E-state index is 13.4. The quantitative estimate of drug-likeness (QED) is 0.432. The first kappa shape index (κ1) is 27.1. The van der Waals surface area contributed by atoms with Crippen LogP contribution in [0.5, 0.6) is 0 Å². The summed E-state index contributed by atoms with van der Waals surface area (Å²) in [4.78, 5) is 15.3. The van der Waals surface area contributed by atoms with E-state index >= 15 is 0 Å². The number of carbonyl (C=O) groups excluding carboxylic acids is 1. The van der Waals surface area contributed by atoms with Crippen LogP contribution in [0.25, 0.3) is 11.1 Å². The van der Waals surface area contributed by atoms with Gasteiger partial charge in [0, 0.05) is 55.3 Å². The van der Waals surface area contributed by atoms with Gasteiger partial charge in [0.25, 0.3) is 0 Å². The fourth-order valence-electron chi connectivity index (χ4n) is 6.05. The van der Waals surface area contributed by atoms with Crippen molar-refractivity contribution >= 4 is 17.5 Å². The third kappa shape index (κ3) is 5.79. The molecule has 2 aromatic carbocycles. The van der Waals surface area contributed by atoms with Crippen LogP contribution < -0.4 is 5.73 Å². The molecule has 1 amide bonds. The summed E-state index contributed by atoms with van der Waals surface area (Å²) in [5.41, 5.74) is 7.53. The first-order valence-electron chi connectivity index (χ1n) is 13.1. The van der Waals surface area contributed by atoms with Crippen molar-refractivity contribution < 1.29 is 19.7 Å². The van der Waals surface area contributed by atoms with Crippen molar-refractivity contribution in [3.05, 3.63) is 59.1 Å². The van der Waals surface area contributed by atoms with Gasteiger partial charge < -0.3 is 25.6 Å². The monoisotopic (exact) mass is 514 g/mol. The number of ether oxygens (including phenoxy) is 1. The van der Waals surface area contributed by atoms with Gasteiger partial charge in [-0.05, 0) is 62.1 Å². The Bertz CT molecular complexity index is 1020. The van der Waals surface area contributed by atoms with Gasteiger partial charge in [0.2, 0.25) is 5.91 Å². The van der Waals surface area contributed by atoms with Crippen molar-refractivity contribution in [1.82, 2.24) is 4.90 Å². The smallest absolute Gasteiger partial charge is 0.225 e. The number of likely N-dealkylation sites (tertiary alicyclic amines) is 1. The molecule has 1 heterocycles. The van der Waals surface area contributed by atoms with E-state index in [1.807, 2.05) is 53.4 Å². The maximum atomic E-state index is 13.4. The molecule has 0 radical (unpaired) electrons. The van der Waals surface area contributed by atoms with Gasteiger partial charge in [0.1, 0.15) is 0 Å². The van der Waals surface area contributed by atoms with Crippen molar-refractivity contribution in [3.8, 4) is 11.1 Å². The molecule has 0 spiro atoms. The van der Waals surface area contributed by atoms with Gasteiger partial charge in [0.05, 0.1) is 11.7 Å². The van der Waals surface area contributed by atoms with Gasteiger partial charge in [0.15, 0.2) is 0 Å². The van der Waals surface area contributed by atoms with Crippen molar-refractivity contribution in [3.63, 3.8) is 0 Å². The number of unbranched alkanes of at least 4 members (excludes halogenated alkanes) is 1. The van der Waals surface area contributed by atoms with Crippen LogP contribution in [0.15, 0.2) is 48.5 Å². The molecule has 0 bridgehead atoms. The molecule has 6 nitrogen and oxygen atoms in total. The Labute approximate surface area is 219 Å². The Morgan fingerprint density at radius 3 is 2.56 bits per heavy atom. The summed E-state index contributed by atoms with van der Waals surface area (Å²) in [7, 11) is 1.69. The van der Waals surface area contributed by atoms with Gasteiger partial charge in [-0.25, -0.2) is 0 Å². The first-order valence-corrected chi connectivity index (χ1v) is 13.5. The number of piperidine rings is 1. The van der Waals surface area contributed by atoms with Gasteiger partial charge in [-0.2, -0.15) is 0 Å². The SMILES string of the molecule is COCCCCC(O)(c1ccccc1-c1ccccc1Cl)C1CCCN(C(=O)C2CC(N)C(O)C2)C1. The molecule has 36 heavy (non-hydrogen) atoms. The molecule has 1 saturated carbocycles. The highest BCUT2D eigenvalue weighted by Crippen LogP contribution is 2.45. The lowest BCUT2D eigenvalue weighted by molar-refractivity contribution is -0.141. The second kappa shape index (κ2) is 12.1. The van der Waals surface area contributed by atoms with Gasteiger partial charge in [-0.3, -0.25) is 4.79 Å². The summed E-state index contributed by atoms with van der Waals surface area (Å²) in [6.07, 6.45) is 4.17. The molecule has 4 rings (SSSR count). The molecule has 1 aliphatic heterocycles. The average molecular weight is 515 g/mol. The van der Waals surface area contributed by atoms with Crippen LogP contribution in [-0.4, -0.2) is 60.0 Å². The average Bonchev–Trinajstić information content (AvgIpc) is 3.24.